The number of H-pyrrole nitrogens is 1. The van der Waals surface area contributed by atoms with Crippen LogP contribution in [0.1, 0.15) is 18.1 Å². The van der Waals surface area contributed by atoms with Gasteiger partial charge >= 0.3 is 5.97 Å². The number of aromatic nitrogens is 1. The number of halogens is 1. The van der Waals surface area contributed by atoms with Crippen molar-refractivity contribution in [1.29, 1.82) is 0 Å². The Morgan fingerprint density at radius 2 is 2.07 bits per heavy atom. The van der Waals surface area contributed by atoms with E-state index < -0.39 is 12.0 Å². The molecule has 148 valence electrons. The van der Waals surface area contributed by atoms with Crippen LogP contribution in [0.25, 0.3) is 10.9 Å². The summed E-state index contributed by atoms with van der Waals surface area (Å²) in [6, 6.07) is 10.5. The van der Waals surface area contributed by atoms with Gasteiger partial charge in [-0.3, -0.25) is 10.1 Å². The Morgan fingerprint density at radius 1 is 1.29 bits per heavy atom. The van der Waals surface area contributed by atoms with E-state index >= 15 is 0 Å². The summed E-state index contributed by atoms with van der Waals surface area (Å²) in [6.45, 7) is 2.62. The van der Waals surface area contributed by atoms with E-state index in [-0.39, 0.29) is 6.54 Å². The van der Waals surface area contributed by atoms with E-state index in [1.165, 1.54) is 0 Å². The zero-order valence-corrected chi connectivity index (χ0v) is 16.5. The summed E-state index contributed by atoms with van der Waals surface area (Å²) in [5.41, 5.74) is 2.68. The second-order valence-corrected chi connectivity index (χ2v) is 6.80. The molecule has 0 aliphatic carbocycles. The molecular formula is C21H23ClN2O4. The van der Waals surface area contributed by atoms with Gasteiger partial charge in [0.05, 0.1) is 13.7 Å². The lowest BCUT2D eigenvalue weighted by Gasteiger charge is -2.18. The first kappa shape index (κ1) is 20.0. The number of hydrogen-bond acceptors (Lipinski definition) is 4. The van der Waals surface area contributed by atoms with Gasteiger partial charge in [0.15, 0.2) is 11.5 Å². The molecule has 0 aliphatic heterocycles. The molecule has 0 radical (unpaired) electrons. The third-order valence-electron chi connectivity index (χ3n) is 4.54. The molecule has 1 unspecified atom stereocenters. The van der Waals surface area contributed by atoms with Crippen molar-refractivity contribution < 1.29 is 19.4 Å². The zero-order valence-electron chi connectivity index (χ0n) is 15.8. The maximum atomic E-state index is 11.8. The van der Waals surface area contributed by atoms with E-state index in [0.717, 1.165) is 22.0 Å². The van der Waals surface area contributed by atoms with Crippen molar-refractivity contribution in [1.82, 2.24) is 10.3 Å². The number of hydrogen-bond donors (Lipinski definition) is 3. The average molecular weight is 403 g/mol. The zero-order chi connectivity index (χ0) is 20.1. The molecule has 0 saturated heterocycles. The highest BCUT2D eigenvalue weighted by Gasteiger charge is 2.21. The van der Waals surface area contributed by atoms with Gasteiger partial charge in [0.25, 0.3) is 0 Å². The van der Waals surface area contributed by atoms with E-state index in [4.69, 9.17) is 21.1 Å². The van der Waals surface area contributed by atoms with Crippen molar-refractivity contribution in [3.8, 4) is 11.5 Å². The third-order valence-corrected chi connectivity index (χ3v) is 4.76. The molecule has 0 amide bonds. The summed E-state index contributed by atoms with van der Waals surface area (Å²) in [4.78, 5) is 15.0. The van der Waals surface area contributed by atoms with Crippen molar-refractivity contribution >= 4 is 28.5 Å². The van der Waals surface area contributed by atoms with Gasteiger partial charge in [-0.25, -0.2) is 0 Å². The van der Waals surface area contributed by atoms with Crippen LogP contribution in [-0.2, 0) is 17.8 Å². The number of ether oxygens (including phenoxy) is 2. The number of para-hydroxylation sites is 1. The fourth-order valence-electron chi connectivity index (χ4n) is 3.21. The van der Waals surface area contributed by atoms with Crippen LogP contribution in [0, 0.1) is 0 Å². The summed E-state index contributed by atoms with van der Waals surface area (Å²) in [6.07, 6.45) is 2.21. The first-order valence-corrected chi connectivity index (χ1v) is 9.41. The molecule has 7 heteroatoms. The van der Waals surface area contributed by atoms with Gasteiger partial charge < -0.3 is 19.6 Å². The van der Waals surface area contributed by atoms with Crippen molar-refractivity contribution in [3.63, 3.8) is 0 Å². The highest BCUT2D eigenvalue weighted by atomic mass is 35.5. The standard InChI is InChI=1S/C21H23ClN2O4/c1-3-28-20-14(8-15(22)10-19(20)27-2)12-24-18(21(25)26)9-13-11-23-17-7-5-4-6-16(13)17/h4-8,10-11,18,23-24H,3,9,12H2,1-2H3,(H,25,26). The number of rotatable bonds is 9. The number of carboxylic acid groups (broad SMARTS) is 1. The van der Waals surface area contributed by atoms with Gasteiger partial charge in [0, 0.05) is 46.7 Å². The molecular weight excluding hydrogens is 380 g/mol. The minimum atomic E-state index is -0.919. The third kappa shape index (κ3) is 4.40. The van der Waals surface area contributed by atoms with Crippen LogP contribution in [0.5, 0.6) is 11.5 Å². The number of carbonyl (C=O) groups is 1. The Kier molecular flexibility index (Phi) is 6.44. The minimum absolute atomic E-state index is 0.283. The van der Waals surface area contributed by atoms with E-state index in [0.29, 0.717) is 29.5 Å². The number of aromatic amines is 1. The lowest BCUT2D eigenvalue weighted by atomic mass is 10.0. The Hall–Kier alpha value is -2.70. The quantitative estimate of drug-likeness (QED) is 0.503. The maximum absolute atomic E-state index is 11.8. The number of aliphatic carboxylic acids is 1. The fraction of sp³-hybridized carbons (Fsp3) is 0.286. The average Bonchev–Trinajstić information content (AvgIpc) is 3.09. The lowest BCUT2D eigenvalue weighted by molar-refractivity contribution is -0.139. The summed E-state index contributed by atoms with van der Waals surface area (Å²) in [7, 11) is 1.54. The molecule has 3 rings (SSSR count). The molecule has 1 aromatic heterocycles. The molecule has 3 aromatic rings. The Bertz CT molecular complexity index is 970. The molecule has 28 heavy (non-hydrogen) atoms. The minimum Gasteiger partial charge on any atom is -0.493 e. The fourth-order valence-corrected chi connectivity index (χ4v) is 3.44. The SMILES string of the molecule is CCOc1c(CNC(Cc2c[nH]c3ccccc23)C(=O)O)cc(Cl)cc1OC. The van der Waals surface area contributed by atoms with E-state index in [1.807, 2.05) is 37.4 Å². The van der Waals surface area contributed by atoms with Gasteiger partial charge in [-0.15, -0.1) is 0 Å². The molecule has 1 heterocycles. The van der Waals surface area contributed by atoms with Crippen LogP contribution < -0.4 is 14.8 Å². The first-order valence-electron chi connectivity index (χ1n) is 9.03. The van der Waals surface area contributed by atoms with Gasteiger partial charge in [-0.1, -0.05) is 29.8 Å². The molecule has 3 N–H and O–H groups in total. The molecule has 2 aromatic carbocycles. The number of carboxylic acids is 1. The van der Waals surface area contributed by atoms with Crippen LogP contribution in [-0.4, -0.2) is 35.8 Å². The predicted molar refractivity (Wildman–Crippen MR) is 109 cm³/mol. The molecule has 0 aliphatic rings. The topological polar surface area (TPSA) is 83.6 Å². The lowest BCUT2D eigenvalue weighted by Crippen LogP contribution is -2.38. The Morgan fingerprint density at radius 3 is 2.79 bits per heavy atom. The van der Waals surface area contributed by atoms with Gasteiger partial charge in [-0.05, 0) is 24.6 Å². The maximum Gasteiger partial charge on any atom is 0.321 e. The molecule has 0 bridgehead atoms. The second kappa shape index (κ2) is 8.99. The second-order valence-electron chi connectivity index (χ2n) is 6.36. The summed E-state index contributed by atoms with van der Waals surface area (Å²) in [5.74, 6) is 0.171. The number of benzene rings is 2. The van der Waals surface area contributed by atoms with Crippen LogP contribution in [0.3, 0.4) is 0 Å². The highest BCUT2D eigenvalue weighted by Crippen LogP contribution is 2.35. The first-order chi connectivity index (χ1) is 13.5. The van der Waals surface area contributed by atoms with E-state index in [2.05, 4.69) is 10.3 Å². The normalized spacial score (nSPS) is 12.1. The summed E-state index contributed by atoms with van der Waals surface area (Å²) < 4.78 is 11.0. The number of nitrogens with one attached hydrogen (secondary N) is 2. The largest absolute Gasteiger partial charge is 0.493 e. The smallest absolute Gasteiger partial charge is 0.321 e. The summed E-state index contributed by atoms with van der Waals surface area (Å²) >= 11 is 6.18. The van der Waals surface area contributed by atoms with Gasteiger partial charge in [0.2, 0.25) is 0 Å². The number of methoxy groups -OCH3 is 1. The van der Waals surface area contributed by atoms with E-state index in [1.54, 1.807) is 19.2 Å². The molecule has 6 nitrogen and oxygen atoms in total. The van der Waals surface area contributed by atoms with Crippen LogP contribution in [0.4, 0.5) is 0 Å². The molecule has 0 spiro atoms. The monoisotopic (exact) mass is 402 g/mol. The van der Waals surface area contributed by atoms with Gasteiger partial charge in [-0.2, -0.15) is 0 Å². The van der Waals surface area contributed by atoms with Crippen LogP contribution in [0.2, 0.25) is 5.02 Å². The van der Waals surface area contributed by atoms with E-state index in [9.17, 15) is 9.90 Å². The predicted octanol–water partition coefficient (Wildman–Crippen LogP) is 4.01. The highest BCUT2D eigenvalue weighted by molar-refractivity contribution is 6.30. The van der Waals surface area contributed by atoms with Crippen molar-refractivity contribution in [2.75, 3.05) is 13.7 Å². The van der Waals surface area contributed by atoms with Crippen LogP contribution in [0.15, 0.2) is 42.6 Å². The van der Waals surface area contributed by atoms with Crippen molar-refractivity contribution in [2.24, 2.45) is 0 Å². The molecule has 0 fully saturated rings. The number of fused-ring (bicyclic) bond motifs is 1. The molecule has 0 saturated carbocycles. The Labute approximate surface area is 168 Å². The van der Waals surface area contributed by atoms with Crippen LogP contribution >= 0.6 is 11.6 Å². The Balaban J connectivity index is 1.81. The van der Waals surface area contributed by atoms with Gasteiger partial charge in [0.1, 0.15) is 6.04 Å². The van der Waals surface area contributed by atoms with Crippen molar-refractivity contribution in [3.05, 3.63) is 58.7 Å². The summed E-state index contributed by atoms with van der Waals surface area (Å²) in [5, 5.41) is 14.3. The van der Waals surface area contributed by atoms with Crippen molar-refractivity contribution in [2.45, 2.75) is 25.9 Å². The molecule has 1 atom stereocenters.